The summed E-state index contributed by atoms with van der Waals surface area (Å²) in [7, 11) is -4.09. The molecule has 0 amide bonds. The van der Waals surface area contributed by atoms with Gasteiger partial charge in [-0.2, -0.15) is 5.26 Å². The highest BCUT2D eigenvalue weighted by Crippen LogP contribution is 2.25. The highest BCUT2D eigenvalue weighted by Gasteiger charge is 2.19. The topological polar surface area (TPSA) is 96.0 Å². The van der Waals surface area contributed by atoms with Gasteiger partial charge >= 0.3 is 0 Å². The lowest BCUT2D eigenvalue weighted by molar-refractivity contribution is 0.599. The number of nitrogens with two attached hydrogens (primary N) is 1. The van der Waals surface area contributed by atoms with Gasteiger partial charge in [0.25, 0.3) is 10.0 Å². The maximum absolute atomic E-state index is 13.6. The van der Waals surface area contributed by atoms with Gasteiger partial charge in [0.1, 0.15) is 10.7 Å². The number of nitrogens with one attached hydrogen (secondary N) is 1. The van der Waals surface area contributed by atoms with Crippen LogP contribution in [0.25, 0.3) is 0 Å². The molecule has 0 atom stereocenters. The molecule has 3 N–H and O–H groups in total. The zero-order chi connectivity index (χ0) is 15.6. The molecule has 108 valence electrons. The van der Waals surface area contributed by atoms with Crippen LogP contribution in [0.4, 0.5) is 15.8 Å². The monoisotopic (exact) mass is 325 g/mol. The van der Waals surface area contributed by atoms with Crippen molar-refractivity contribution in [3.63, 3.8) is 0 Å². The van der Waals surface area contributed by atoms with Crippen molar-refractivity contribution in [2.24, 2.45) is 0 Å². The van der Waals surface area contributed by atoms with E-state index < -0.39 is 15.8 Å². The molecule has 0 bridgehead atoms. The van der Waals surface area contributed by atoms with Crippen LogP contribution < -0.4 is 10.5 Å². The molecule has 0 fully saturated rings. The van der Waals surface area contributed by atoms with Crippen LogP contribution in [0.2, 0.25) is 5.02 Å². The molecule has 2 aromatic rings. The van der Waals surface area contributed by atoms with E-state index in [-0.39, 0.29) is 26.9 Å². The highest BCUT2D eigenvalue weighted by molar-refractivity contribution is 7.92. The molecule has 8 heteroatoms. The second kappa shape index (κ2) is 5.60. The number of benzene rings is 2. The second-order valence-corrected chi connectivity index (χ2v) is 6.18. The first kappa shape index (κ1) is 15.1. The lowest BCUT2D eigenvalue weighted by atomic mass is 10.2. The minimum absolute atomic E-state index is 0.107. The van der Waals surface area contributed by atoms with E-state index in [0.29, 0.717) is 0 Å². The summed E-state index contributed by atoms with van der Waals surface area (Å²) in [4.78, 5) is -0.249. The van der Waals surface area contributed by atoms with E-state index in [1.807, 2.05) is 6.07 Å². The third kappa shape index (κ3) is 3.24. The first-order valence-corrected chi connectivity index (χ1v) is 7.47. The Morgan fingerprint density at radius 3 is 2.57 bits per heavy atom. The fourth-order valence-electron chi connectivity index (χ4n) is 1.64. The molecule has 5 nitrogen and oxygen atoms in total. The highest BCUT2D eigenvalue weighted by atomic mass is 35.5. The van der Waals surface area contributed by atoms with Gasteiger partial charge < -0.3 is 5.73 Å². The van der Waals surface area contributed by atoms with Gasteiger partial charge in [0.2, 0.25) is 0 Å². The van der Waals surface area contributed by atoms with Crippen molar-refractivity contribution in [3.05, 3.63) is 52.8 Å². The van der Waals surface area contributed by atoms with Gasteiger partial charge in [-0.15, -0.1) is 0 Å². The first-order valence-electron chi connectivity index (χ1n) is 5.61. The molecule has 0 saturated heterocycles. The maximum atomic E-state index is 13.6. The molecular weight excluding hydrogens is 317 g/mol. The van der Waals surface area contributed by atoms with Gasteiger partial charge in [-0.25, -0.2) is 12.8 Å². The van der Waals surface area contributed by atoms with Gasteiger partial charge in [-0.05, 0) is 36.4 Å². The number of hydrogen-bond donors (Lipinski definition) is 2. The number of sulfonamides is 1. The van der Waals surface area contributed by atoms with Crippen molar-refractivity contribution in [1.29, 1.82) is 5.26 Å². The zero-order valence-electron chi connectivity index (χ0n) is 10.5. The average molecular weight is 326 g/mol. The lowest BCUT2D eigenvalue weighted by Gasteiger charge is -2.11. The molecule has 0 aliphatic carbocycles. The van der Waals surface area contributed by atoms with Crippen LogP contribution in [0.3, 0.4) is 0 Å². The van der Waals surface area contributed by atoms with Crippen LogP contribution in [-0.2, 0) is 10.0 Å². The number of nitrogens with zero attached hydrogens (tertiary/aromatic N) is 1. The van der Waals surface area contributed by atoms with Gasteiger partial charge in [-0.3, -0.25) is 4.72 Å². The maximum Gasteiger partial charge on any atom is 0.264 e. The summed E-state index contributed by atoms with van der Waals surface area (Å²) >= 11 is 5.70. The number of rotatable bonds is 3. The Balaban J connectivity index is 2.44. The Labute approximate surface area is 125 Å². The van der Waals surface area contributed by atoms with Gasteiger partial charge in [0, 0.05) is 5.02 Å². The van der Waals surface area contributed by atoms with E-state index in [0.717, 1.165) is 12.1 Å². The average Bonchev–Trinajstić information content (AvgIpc) is 2.42. The van der Waals surface area contributed by atoms with Crippen molar-refractivity contribution < 1.29 is 12.8 Å². The number of nitrogen functional groups attached to an aromatic ring is 1. The number of nitriles is 1. The quantitative estimate of drug-likeness (QED) is 0.848. The van der Waals surface area contributed by atoms with Crippen LogP contribution >= 0.6 is 11.6 Å². The molecule has 0 unspecified atom stereocenters. The number of hydrogen-bond acceptors (Lipinski definition) is 4. The summed E-state index contributed by atoms with van der Waals surface area (Å²) in [5.41, 5.74) is 5.44. The first-order chi connectivity index (χ1) is 9.83. The molecule has 0 aromatic heterocycles. The van der Waals surface area contributed by atoms with E-state index in [1.165, 1.54) is 24.3 Å². The molecule has 0 aliphatic rings. The molecule has 0 spiro atoms. The smallest absolute Gasteiger partial charge is 0.264 e. The van der Waals surface area contributed by atoms with Gasteiger partial charge in [0.05, 0.1) is 23.0 Å². The normalized spacial score (nSPS) is 10.9. The van der Waals surface area contributed by atoms with E-state index in [2.05, 4.69) is 4.72 Å². The van der Waals surface area contributed by atoms with E-state index in [1.54, 1.807) is 0 Å². The minimum atomic E-state index is -4.09. The Morgan fingerprint density at radius 1 is 1.24 bits per heavy atom. The Hall–Kier alpha value is -2.30. The van der Waals surface area contributed by atoms with Crippen molar-refractivity contribution in [2.45, 2.75) is 4.90 Å². The predicted molar refractivity (Wildman–Crippen MR) is 77.8 cm³/mol. The molecule has 2 aromatic carbocycles. The summed E-state index contributed by atoms with van der Waals surface area (Å²) in [6.07, 6.45) is 0. The number of anilines is 2. The predicted octanol–water partition coefficient (Wildman–Crippen LogP) is 2.73. The number of halogens is 2. The largest absolute Gasteiger partial charge is 0.398 e. The zero-order valence-corrected chi connectivity index (χ0v) is 12.0. The fourth-order valence-corrected chi connectivity index (χ4v) is 2.98. The molecular formula is C13H9ClFN3O2S. The standard InChI is InChI=1S/C13H9ClFN3O2S/c14-9-2-3-10(15)12(6-9)18-21(19,20)13-4-1-8(7-16)5-11(13)17/h1-6,18H,17H2. The van der Waals surface area contributed by atoms with E-state index >= 15 is 0 Å². The van der Waals surface area contributed by atoms with Crippen LogP contribution in [0.15, 0.2) is 41.3 Å². The molecule has 0 saturated carbocycles. The van der Waals surface area contributed by atoms with E-state index in [9.17, 15) is 12.8 Å². The van der Waals surface area contributed by atoms with Crippen LogP contribution in [0, 0.1) is 17.1 Å². The molecule has 0 radical (unpaired) electrons. The Bertz CT molecular complexity index is 847. The van der Waals surface area contributed by atoms with Crippen LogP contribution in [0.5, 0.6) is 0 Å². The molecule has 21 heavy (non-hydrogen) atoms. The third-order valence-electron chi connectivity index (χ3n) is 2.60. The van der Waals surface area contributed by atoms with E-state index in [4.69, 9.17) is 22.6 Å². The summed E-state index contributed by atoms with van der Waals surface area (Å²) < 4.78 is 40.1. The SMILES string of the molecule is N#Cc1ccc(S(=O)(=O)Nc2cc(Cl)ccc2F)c(N)c1. The molecule has 0 heterocycles. The van der Waals surface area contributed by atoms with Gasteiger partial charge in [0.15, 0.2) is 0 Å². The minimum Gasteiger partial charge on any atom is -0.398 e. The van der Waals surface area contributed by atoms with Crippen molar-refractivity contribution in [1.82, 2.24) is 0 Å². The summed E-state index contributed by atoms with van der Waals surface area (Å²) in [5.74, 6) is -0.768. The molecule has 0 aliphatic heterocycles. The van der Waals surface area contributed by atoms with Crippen molar-refractivity contribution >= 4 is 33.0 Å². The molecule has 2 rings (SSSR count). The third-order valence-corrected chi connectivity index (χ3v) is 4.28. The Morgan fingerprint density at radius 2 is 1.95 bits per heavy atom. The summed E-state index contributed by atoms with van der Waals surface area (Å²) in [6.45, 7) is 0. The fraction of sp³-hybridized carbons (Fsp3) is 0. The van der Waals surface area contributed by atoms with Crippen molar-refractivity contribution in [2.75, 3.05) is 10.5 Å². The Kier molecular flexibility index (Phi) is 4.02. The van der Waals surface area contributed by atoms with Gasteiger partial charge in [-0.1, -0.05) is 11.6 Å². The van der Waals surface area contributed by atoms with Crippen LogP contribution in [-0.4, -0.2) is 8.42 Å². The summed E-state index contributed by atoms with van der Waals surface area (Å²) in [5, 5.41) is 8.91. The lowest BCUT2D eigenvalue weighted by Crippen LogP contribution is -2.15. The van der Waals surface area contributed by atoms with Crippen LogP contribution in [0.1, 0.15) is 5.56 Å². The van der Waals surface area contributed by atoms with Crippen molar-refractivity contribution in [3.8, 4) is 6.07 Å². The summed E-state index contributed by atoms with van der Waals surface area (Å²) in [6, 6.07) is 9.04. The second-order valence-electron chi connectivity index (χ2n) is 4.09.